The summed E-state index contributed by atoms with van der Waals surface area (Å²) in [5.74, 6) is -0.300. The van der Waals surface area contributed by atoms with E-state index in [0.29, 0.717) is 0 Å². The molecule has 1 aromatic heterocycles. The number of halogens is 1. The molecule has 1 rings (SSSR count). The van der Waals surface area contributed by atoms with E-state index in [9.17, 15) is 13.2 Å². The number of sulfonamides is 1. The van der Waals surface area contributed by atoms with Crippen molar-refractivity contribution in [1.29, 1.82) is 0 Å². The van der Waals surface area contributed by atoms with Crippen LogP contribution < -0.4 is 15.8 Å². The van der Waals surface area contributed by atoms with E-state index in [1.807, 2.05) is 20.8 Å². The van der Waals surface area contributed by atoms with Crippen LogP contribution in [0.1, 0.15) is 20.8 Å². The highest BCUT2D eigenvalue weighted by molar-refractivity contribution is 7.89. The van der Waals surface area contributed by atoms with Gasteiger partial charge in [0.25, 0.3) is 0 Å². The molecule has 1 atom stereocenters. The number of carbonyl (C=O) groups excluding carboxylic acids is 1. The highest BCUT2D eigenvalue weighted by Gasteiger charge is 2.29. The average Bonchev–Trinajstić information content (AvgIpc) is 2.83. The maximum absolute atomic E-state index is 11.9. The quantitative estimate of drug-likeness (QED) is 0.616. The predicted octanol–water partition coefficient (Wildman–Crippen LogP) is -0.390. The molecule has 0 aromatic carbocycles. The fourth-order valence-corrected chi connectivity index (χ4v) is 2.54. The molecule has 0 aliphatic heterocycles. The van der Waals surface area contributed by atoms with Gasteiger partial charge in [-0.1, -0.05) is 13.8 Å². The highest BCUT2D eigenvalue weighted by atomic mass is 35.5. The maximum Gasteiger partial charge on any atom is 0.244 e. The van der Waals surface area contributed by atoms with Gasteiger partial charge in [-0.05, 0) is 12.8 Å². The first-order valence-corrected chi connectivity index (χ1v) is 8.08. The fourth-order valence-electron chi connectivity index (χ4n) is 1.58. The normalized spacial score (nSPS) is 14.3. The molecule has 1 aromatic rings. The number of amides is 1. The lowest BCUT2D eigenvalue weighted by molar-refractivity contribution is -0.122. The zero-order valence-corrected chi connectivity index (χ0v) is 14.8. The Kier molecular flexibility index (Phi) is 7.49. The number of nitrogens with one attached hydrogen (secondary N) is 2. The molecule has 22 heavy (non-hydrogen) atoms. The number of hydrogen-bond donors (Lipinski definition) is 3. The second-order valence-electron chi connectivity index (χ2n) is 5.50. The summed E-state index contributed by atoms with van der Waals surface area (Å²) in [7, 11) is -2.13. The zero-order chi connectivity index (χ0) is 16.3. The van der Waals surface area contributed by atoms with Gasteiger partial charge in [-0.25, -0.2) is 13.1 Å². The van der Waals surface area contributed by atoms with Gasteiger partial charge in [-0.15, -0.1) is 12.4 Å². The van der Waals surface area contributed by atoms with Crippen molar-refractivity contribution in [2.45, 2.75) is 31.2 Å². The van der Waals surface area contributed by atoms with Gasteiger partial charge in [0.1, 0.15) is 4.90 Å². The number of rotatable bonds is 7. The van der Waals surface area contributed by atoms with Crippen molar-refractivity contribution in [2.75, 3.05) is 13.1 Å². The Morgan fingerprint density at radius 3 is 2.50 bits per heavy atom. The van der Waals surface area contributed by atoms with Crippen molar-refractivity contribution >= 4 is 28.3 Å². The van der Waals surface area contributed by atoms with E-state index < -0.39 is 21.5 Å². The van der Waals surface area contributed by atoms with Gasteiger partial charge in [-0.3, -0.25) is 9.48 Å². The van der Waals surface area contributed by atoms with Gasteiger partial charge >= 0.3 is 0 Å². The number of nitrogens with two attached hydrogens (primary N) is 1. The maximum atomic E-state index is 11.9. The Hall–Kier alpha value is -1.16. The second kappa shape index (κ2) is 7.91. The van der Waals surface area contributed by atoms with Gasteiger partial charge in [0.15, 0.2) is 0 Å². The Bertz CT molecular complexity index is 602. The molecule has 0 saturated heterocycles. The SMILES string of the molecule is CC(C)C(C)(CN)NC(=O)CNS(=O)(=O)c1cnn(C)c1.Cl. The van der Waals surface area contributed by atoms with Crippen LogP contribution in [0.15, 0.2) is 17.3 Å². The number of hydrogen-bond acceptors (Lipinski definition) is 5. The van der Waals surface area contributed by atoms with Crippen LogP contribution in [0.4, 0.5) is 0 Å². The van der Waals surface area contributed by atoms with Crippen molar-refractivity contribution in [1.82, 2.24) is 19.8 Å². The van der Waals surface area contributed by atoms with E-state index >= 15 is 0 Å². The summed E-state index contributed by atoms with van der Waals surface area (Å²) in [5, 5.41) is 6.55. The topological polar surface area (TPSA) is 119 Å². The number of nitrogens with zero attached hydrogens (tertiary/aromatic N) is 2. The minimum atomic E-state index is -3.74. The third kappa shape index (κ3) is 5.24. The molecule has 1 amide bonds. The lowest BCUT2D eigenvalue weighted by atomic mass is 9.88. The van der Waals surface area contributed by atoms with E-state index in [2.05, 4.69) is 15.1 Å². The fraction of sp³-hybridized carbons (Fsp3) is 0.667. The molecule has 1 heterocycles. The molecule has 4 N–H and O–H groups in total. The Morgan fingerprint density at radius 2 is 2.09 bits per heavy atom. The van der Waals surface area contributed by atoms with Crippen LogP contribution in [-0.2, 0) is 21.9 Å². The van der Waals surface area contributed by atoms with Gasteiger partial charge < -0.3 is 11.1 Å². The lowest BCUT2D eigenvalue weighted by Gasteiger charge is -2.33. The highest BCUT2D eigenvalue weighted by Crippen LogP contribution is 2.14. The molecule has 8 nitrogen and oxygen atoms in total. The Balaban J connectivity index is 0.00000441. The van der Waals surface area contributed by atoms with E-state index in [-0.39, 0.29) is 36.3 Å². The number of aryl methyl sites for hydroxylation is 1. The molecule has 0 aliphatic carbocycles. The first-order valence-electron chi connectivity index (χ1n) is 6.60. The molecular weight excluding hydrogens is 330 g/mol. The first kappa shape index (κ1) is 20.8. The van der Waals surface area contributed by atoms with Crippen LogP contribution in [0.25, 0.3) is 0 Å². The molecular formula is C12H24ClN5O3S. The minimum Gasteiger partial charge on any atom is -0.348 e. The largest absolute Gasteiger partial charge is 0.348 e. The predicted molar refractivity (Wildman–Crippen MR) is 86.1 cm³/mol. The van der Waals surface area contributed by atoms with Crippen LogP contribution in [0.2, 0.25) is 0 Å². The van der Waals surface area contributed by atoms with E-state index in [0.717, 1.165) is 0 Å². The average molecular weight is 354 g/mol. The Labute approximate surface area is 137 Å². The van der Waals surface area contributed by atoms with Crippen molar-refractivity contribution in [3.8, 4) is 0 Å². The Morgan fingerprint density at radius 1 is 1.50 bits per heavy atom. The van der Waals surface area contributed by atoms with Gasteiger partial charge in [-0.2, -0.15) is 5.10 Å². The molecule has 0 bridgehead atoms. The van der Waals surface area contributed by atoms with Crippen molar-refractivity contribution in [3.63, 3.8) is 0 Å². The summed E-state index contributed by atoms with van der Waals surface area (Å²) in [6.45, 7) is 5.62. The van der Waals surface area contributed by atoms with Crippen LogP contribution in [0, 0.1) is 5.92 Å². The molecule has 10 heteroatoms. The third-order valence-corrected chi connectivity index (χ3v) is 4.89. The molecule has 0 radical (unpaired) electrons. The molecule has 0 aliphatic rings. The molecule has 1 unspecified atom stereocenters. The molecule has 0 spiro atoms. The van der Waals surface area contributed by atoms with Crippen molar-refractivity contribution in [2.24, 2.45) is 18.7 Å². The van der Waals surface area contributed by atoms with E-state index in [1.54, 1.807) is 7.05 Å². The zero-order valence-electron chi connectivity index (χ0n) is 13.2. The third-order valence-electron chi connectivity index (χ3n) is 3.54. The monoisotopic (exact) mass is 353 g/mol. The molecule has 128 valence electrons. The summed E-state index contributed by atoms with van der Waals surface area (Å²) in [5.41, 5.74) is 5.10. The lowest BCUT2D eigenvalue weighted by Crippen LogP contribution is -2.56. The molecule has 0 saturated carbocycles. The van der Waals surface area contributed by atoms with Crippen molar-refractivity contribution in [3.05, 3.63) is 12.4 Å². The van der Waals surface area contributed by atoms with Crippen LogP contribution in [-0.4, -0.2) is 42.7 Å². The van der Waals surface area contributed by atoms with Crippen LogP contribution in [0.5, 0.6) is 0 Å². The molecule has 0 fully saturated rings. The summed E-state index contributed by atoms with van der Waals surface area (Å²) >= 11 is 0. The summed E-state index contributed by atoms with van der Waals surface area (Å²) in [4.78, 5) is 11.9. The standard InChI is InChI=1S/C12H23N5O3S.ClH/c1-9(2)12(3,8-13)16-11(18)6-15-21(19,20)10-5-14-17(4)7-10;/h5,7,9,15H,6,8,13H2,1-4H3,(H,16,18);1H. The first-order chi connectivity index (χ1) is 9.60. The van der Waals surface area contributed by atoms with Gasteiger partial charge in [0.05, 0.1) is 18.3 Å². The number of carbonyl (C=O) groups is 1. The summed E-state index contributed by atoms with van der Waals surface area (Å²) in [6.07, 6.45) is 2.58. The number of aromatic nitrogens is 2. The minimum absolute atomic E-state index is 0. The summed E-state index contributed by atoms with van der Waals surface area (Å²) < 4.78 is 27.5. The van der Waals surface area contributed by atoms with E-state index in [4.69, 9.17) is 5.73 Å². The van der Waals surface area contributed by atoms with Gasteiger partial charge in [0, 0.05) is 19.8 Å². The van der Waals surface area contributed by atoms with Crippen molar-refractivity contribution < 1.29 is 13.2 Å². The van der Waals surface area contributed by atoms with Crippen LogP contribution >= 0.6 is 12.4 Å². The van der Waals surface area contributed by atoms with Crippen LogP contribution in [0.3, 0.4) is 0 Å². The van der Waals surface area contributed by atoms with E-state index in [1.165, 1.54) is 17.1 Å². The summed E-state index contributed by atoms with van der Waals surface area (Å²) in [6, 6.07) is 0. The smallest absolute Gasteiger partial charge is 0.244 e. The second-order valence-corrected chi connectivity index (χ2v) is 7.27. The van der Waals surface area contributed by atoms with Gasteiger partial charge in [0.2, 0.25) is 15.9 Å².